The molecule has 4 rings (SSSR count). The molecule has 0 amide bonds. The Balaban J connectivity index is 1.69. The van der Waals surface area contributed by atoms with Crippen molar-refractivity contribution in [1.82, 2.24) is 9.78 Å². The summed E-state index contributed by atoms with van der Waals surface area (Å²) < 4.78 is 54.3. The van der Waals surface area contributed by atoms with Gasteiger partial charge in [0.05, 0.1) is 22.5 Å². The number of aromatic nitrogens is 2. The van der Waals surface area contributed by atoms with Crippen LogP contribution in [0.5, 0.6) is 0 Å². The minimum Gasteiger partial charge on any atom is -0.478 e. The van der Waals surface area contributed by atoms with E-state index in [4.69, 9.17) is 16.7 Å². The van der Waals surface area contributed by atoms with Crippen LogP contribution in [-0.4, -0.2) is 20.9 Å². The first kappa shape index (κ1) is 23.3. The fraction of sp³-hybridized carbons (Fsp3) is 0.0833. The zero-order chi connectivity index (χ0) is 24.5. The zero-order valence-electron chi connectivity index (χ0n) is 17.3. The van der Waals surface area contributed by atoms with E-state index in [1.54, 1.807) is 30.5 Å². The Kier molecular flexibility index (Phi) is 6.30. The number of benzene rings is 3. The zero-order valence-corrected chi connectivity index (χ0v) is 18.0. The van der Waals surface area contributed by atoms with E-state index in [9.17, 15) is 22.4 Å². The van der Waals surface area contributed by atoms with E-state index in [0.29, 0.717) is 22.5 Å². The van der Waals surface area contributed by atoms with E-state index in [0.717, 1.165) is 12.1 Å². The van der Waals surface area contributed by atoms with Crippen LogP contribution >= 0.6 is 11.6 Å². The lowest BCUT2D eigenvalue weighted by molar-refractivity contribution is -0.137. The smallest absolute Gasteiger partial charge is 0.416 e. The number of anilines is 1. The maximum absolute atomic E-state index is 13.4. The molecule has 0 unspecified atom stereocenters. The molecule has 3 aromatic carbocycles. The number of carboxylic acid groups (broad SMARTS) is 1. The van der Waals surface area contributed by atoms with Gasteiger partial charge in [0.25, 0.3) is 0 Å². The number of nitrogens with zero attached hydrogens (tertiary/aromatic N) is 2. The highest BCUT2D eigenvalue weighted by molar-refractivity contribution is 6.30. The number of hydrogen-bond donors (Lipinski definition) is 2. The highest BCUT2D eigenvalue weighted by Gasteiger charge is 2.31. The second-order valence-corrected chi connectivity index (χ2v) is 7.82. The summed E-state index contributed by atoms with van der Waals surface area (Å²) in [5.41, 5.74) is 1.66. The molecule has 0 radical (unpaired) electrons. The van der Waals surface area contributed by atoms with Crippen molar-refractivity contribution in [3.05, 3.63) is 100 Å². The maximum atomic E-state index is 13.4. The molecule has 1 aromatic heterocycles. The number of carbonyl (C=O) groups is 1. The van der Waals surface area contributed by atoms with Crippen LogP contribution in [-0.2, 0) is 12.7 Å². The van der Waals surface area contributed by atoms with E-state index in [-0.39, 0.29) is 22.8 Å². The molecule has 174 valence electrons. The van der Waals surface area contributed by atoms with Crippen molar-refractivity contribution in [2.45, 2.75) is 12.7 Å². The van der Waals surface area contributed by atoms with E-state index in [2.05, 4.69) is 10.4 Å². The van der Waals surface area contributed by atoms with Gasteiger partial charge in [-0.1, -0.05) is 11.6 Å². The van der Waals surface area contributed by atoms with Crippen LogP contribution in [0.25, 0.3) is 16.9 Å². The van der Waals surface area contributed by atoms with Gasteiger partial charge in [0.2, 0.25) is 0 Å². The van der Waals surface area contributed by atoms with E-state index >= 15 is 0 Å². The molecule has 2 N–H and O–H groups in total. The second kappa shape index (κ2) is 9.18. The van der Waals surface area contributed by atoms with Gasteiger partial charge in [0, 0.05) is 34.6 Å². The first-order valence-electron chi connectivity index (χ1n) is 9.90. The highest BCUT2D eigenvalue weighted by atomic mass is 35.5. The van der Waals surface area contributed by atoms with Crippen LogP contribution in [0, 0.1) is 5.82 Å². The minimum absolute atomic E-state index is 0.0645. The van der Waals surface area contributed by atoms with Gasteiger partial charge in [-0.25, -0.2) is 13.9 Å². The highest BCUT2D eigenvalue weighted by Crippen LogP contribution is 2.34. The van der Waals surface area contributed by atoms with E-state index in [1.165, 1.54) is 35.0 Å². The number of carboxylic acids is 1. The summed E-state index contributed by atoms with van der Waals surface area (Å²) in [6.45, 7) is 0.0948. The van der Waals surface area contributed by atoms with Crippen LogP contribution in [0.2, 0.25) is 5.02 Å². The Morgan fingerprint density at radius 2 is 1.71 bits per heavy atom. The third-order valence-electron chi connectivity index (χ3n) is 4.99. The topological polar surface area (TPSA) is 67.2 Å². The summed E-state index contributed by atoms with van der Waals surface area (Å²) in [7, 11) is 0. The average Bonchev–Trinajstić information content (AvgIpc) is 3.21. The predicted octanol–water partition coefficient (Wildman–Crippen LogP) is 6.66. The Labute approximate surface area is 196 Å². The Bertz CT molecular complexity index is 1330. The molecule has 0 atom stereocenters. The number of halogens is 5. The van der Waals surface area contributed by atoms with Gasteiger partial charge in [-0.2, -0.15) is 18.3 Å². The number of alkyl halides is 3. The third kappa shape index (κ3) is 5.20. The standard InChI is InChI=1S/C24H16ClF4N3O2/c25-18-9-17(24(27,28)29)10-20(11-18)30-12-16-13-32(21-7-3-15(4-8-21)23(33)34)31-22(16)14-1-5-19(26)6-2-14/h1-11,13,30H,12H2,(H,33,34). The van der Waals surface area contributed by atoms with Crippen molar-refractivity contribution < 1.29 is 27.5 Å². The molecule has 0 saturated heterocycles. The fourth-order valence-electron chi connectivity index (χ4n) is 3.33. The molecule has 0 aliphatic heterocycles. The van der Waals surface area contributed by atoms with Gasteiger partial charge in [-0.05, 0) is 66.7 Å². The average molecular weight is 490 g/mol. The van der Waals surface area contributed by atoms with E-state index < -0.39 is 23.5 Å². The molecule has 1 heterocycles. The van der Waals surface area contributed by atoms with Crippen molar-refractivity contribution in [3.63, 3.8) is 0 Å². The lowest BCUT2D eigenvalue weighted by Crippen LogP contribution is -2.07. The molecule has 0 spiro atoms. The number of hydrogen-bond acceptors (Lipinski definition) is 3. The summed E-state index contributed by atoms with van der Waals surface area (Å²) in [4.78, 5) is 11.1. The van der Waals surface area contributed by atoms with Crippen molar-refractivity contribution in [2.24, 2.45) is 0 Å². The molecular weight excluding hydrogens is 474 g/mol. The van der Waals surface area contributed by atoms with Crippen LogP contribution in [0.15, 0.2) is 72.9 Å². The Morgan fingerprint density at radius 1 is 1.03 bits per heavy atom. The summed E-state index contributed by atoms with van der Waals surface area (Å²) in [5.74, 6) is -1.49. The monoisotopic (exact) mass is 489 g/mol. The Morgan fingerprint density at radius 3 is 2.32 bits per heavy atom. The van der Waals surface area contributed by atoms with Gasteiger partial charge in [0.1, 0.15) is 5.82 Å². The minimum atomic E-state index is -4.55. The number of rotatable bonds is 6. The summed E-state index contributed by atoms with van der Waals surface area (Å²) in [5, 5.41) is 16.5. The van der Waals surface area contributed by atoms with E-state index in [1.807, 2.05) is 0 Å². The molecule has 10 heteroatoms. The van der Waals surface area contributed by atoms with Crippen LogP contribution in [0.3, 0.4) is 0 Å². The van der Waals surface area contributed by atoms with Crippen molar-refractivity contribution >= 4 is 23.3 Å². The van der Waals surface area contributed by atoms with Crippen LogP contribution in [0.4, 0.5) is 23.2 Å². The molecule has 0 bridgehead atoms. The van der Waals surface area contributed by atoms with Gasteiger partial charge < -0.3 is 10.4 Å². The maximum Gasteiger partial charge on any atom is 0.416 e. The lowest BCUT2D eigenvalue weighted by atomic mass is 10.1. The molecule has 0 fully saturated rings. The van der Waals surface area contributed by atoms with Gasteiger partial charge in [-0.15, -0.1) is 0 Å². The third-order valence-corrected chi connectivity index (χ3v) is 5.21. The van der Waals surface area contributed by atoms with Crippen LogP contribution < -0.4 is 5.32 Å². The quantitative estimate of drug-likeness (QED) is 0.297. The predicted molar refractivity (Wildman–Crippen MR) is 120 cm³/mol. The summed E-state index contributed by atoms with van der Waals surface area (Å²) in [6.07, 6.45) is -2.88. The number of nitrogens with one attached hydrogen (secondary N) is 1. The molecular formula is C24H16ClF4N3O2. The first-order valence-corrected chi connectivity index (χ1v) is 10.3. The van der Waals surface area contributed by atoms with Crippen LogP contribution in [0.1, 0.15) is 21.5 Å². The molecule has 4 aromatic rings. The SMILES string of the molecule is O=C(O)c1ccc(-n2cc(CNc3cc(Cl)cc(C(F)(F)F)c3)c(-c3ccc(F)cc3)n2)cc1. The molecule has 34 heavy (non-hydrogen) atoms. The van der Waals surface area contributed by atoms with Crippen molar-refractivity contribution in [3.8, 4) is 16.9 Å². The van der Waals surface area contributed by atoms with Crippen molar-refractivity contribution in [2.75, 3.05) is 5.32 Å². The number of aromatic carboxylic acids is 1. The fourth-order valence-corrected chi connectivity index (χ4v) is 3.57. The van der Waals surface area contributed by atoms with Gasteiger partial charge >= 0.3 is 12.1 Å². The normalized spacial score (nSPS) is 11.4. The first-order chi connectivity index (χ1) is 16.1. The summed E-state index contributed by atoms with van der Waals surface area (Å²) in [6, 6.07) is 14.8. The molecule has 0 aliphatic carbocycles. The van der Waals surface area contributed by atoms with Gasteiger partial charge in [-0.3, -0.25) is 0 Å². The van der Waals surface area contributed by atoms with Gasteiger partial charge in [0.15, 0.2) is 0 Å². The Hall–Kier alpha value is -3.85. The summed E-state index contributed by atoms with van der Waals surface area (Å²) >= 11 is 5.87. The lowest BCUT2D eigenvalue weighted by Gasteiger charge is -2.12. The second-order valence-electron chi connectivity index (χ2n) is 7.39. The molecule has 0 aliphatic rings. The largest absolute Gasteiger partial charge is 0.478 e. The van der Waals surface area contributed by atoms with Crippen molar-refractivity contribution in [1.29, 1.82) is 0 Å². The molecule has 0 saturated carbocycles. The molecule has 5 nitrogen and oxygen atoms in total.